The molecule has 1 heterocycles. The van der Waals surface area contributed by atoms with Crippen molar-refractivity contribution in [2.75, 3.05) is 18.1 Å². The van der Waals surface area contributed by atoms with E-state index in [1.807, 2.05) is 32.9 Å². The molecule has 0 saturated heterocycles. The van der Waals surface area contributed by atoms with Crippen molar-refractivity contribution in [2.24, 2.45) is 17.3 Å². The van der Waals surface area contributed by atoms with Crippen molar-refractivity contribution in [3.8, 4) is 0 Å². The minimum atomic E-state index is -2.93. The minimum absolute atomic E-state index is 0.0720. The van der Waals surface area contributed by atoms with Gasteiger partial charge in [0.25, 0.3) is 5.91 Å². The summed E-state index contributed by atoms with van der Waals surface area (Å²) < 4.78 is 24.2. The number of carbonyl (C=O) groups is 1. The van der Waals surface area contributed by atoms with Crippen LogP contribution in [0.5, 0.6) is 0 Å². The Labute approximate surface area is 163 Å². The maximum atomic E-state index is 12.6. The molecule has 0 radical (unpaired) electrons. The fraction of sp³-hybridized carbons (Fsp3) is 0.714. The number of amides is 1. The van der Waals surface area contributed by atoms with Crippen molar-refractivity contribution < 1.29 is 13.2 Å². The summed E-state index contributed by atoms with van der Waals surface area (Å²) in [5.74, 6) is 1.53. The Morgan fingerprint density at radius 1 is 1.22 bits per heavy atom. The van der Waals surface area contributed by atoms with Gasteiger partial charge in [0, 0.05) is 18.0 Å². The lowest BCUT2D eigenvalue weighted by Gasteiger charge is -2.48. The normalized spacial score (nSPS) is 25.1. The highest BCUT2D eigenvalue weighted by Crippen LogP contribution is 2.53. The van der Waals surface area contributed by atoms with E-state index in [2.05, 4.69) is 10.3 Å². The Hall–Kier alpha value is -1.43. The van der Waals surface area contributed by atoms with Gasteiger partial charge in [0.1, 0.15) is 0 Å². The molecule has 150 valence electrons. The van der Waals surface area contributed by atoms with E-state index in [9.17, 15) is 13.2 Å². The first-order chi connectivity index (χ1) is 12.7. The van der Waals surface area contributed by atoms with Gasteiger partial charge in [0.15, 0.2) is 9.84 Å². The van der Waals surface area contributed by atoms with E-state index in [4.69, 9.17) is 0 Å². The molecule has 0 bridgehead atoms. The SMILES string of the molecule is CCCS(=O)(=O)CC1CC(CNC(=O)c2ccc(C)nc2C)(CC2CC2)C1. The highest BCUT2D eigenvalue weighted by molar-refractivity contribution is 7.91. The smallest absolute Gasteiger partial charge is 0.253 e. The van der Waals surface area contributed by atoms with E-state index < -0.39 is 9.84 Å². The zero-order chi connectivity index (χ0) is 19.7. The van der Waals surface area contributed by atoms with Gasteiger partial charge < -0.3 is 5.32 Å². The molecule has 5 nitrogen and oxygen atoms in total. The third-order valence-corrected chi connectivity index (χ3v) is 7.97. The van der Waals surface area contributed by atoms with Gasteiger partial charge in [-0.2, -0.15) is 0 Å². The summed E-state index contributed by atoms with van der Waals surface area (Å²) in [4.78, 5) is 17.0. The van der Waals surface area contributed by atoms with Crippen LogP contribution >= 0.6 is 0 Å². The number of aryl methyl sites for hydroxylation is 2. The fourth-order valence-electron chi connectivity index (χ4n) is 4.64. The third-order valence-electron chi connectivity index (χ3n) is 5.96. The maximum absolute atomic E-state index is 12.6. The third kappa shape index (κ3) is 5.31. The van der Waals surface area contributed by atoms with Gasteiger partial charge in [-0.05, 0) is 68.9 Å². The number of aromatic nitrogens is 1. The van der Waals surface area contributed by atoms with E-state index >= 15 is 0 Å². The van der Waals surface area contributed by atoms with Crippen LogP contribution in [0.2, 0.25) is 0 Å². The summed E-state index contributed by atoms with van der Waals surface area (Å²) in [6.45, 7) is 6.33. The molecule has 0 aromatic carbocycles. The van der Waals surface area contributed by atoms with Crippen LogP contribution in [-0.4, -0.2) is 37.4 Å². The number of hydrogen-bond donors (Lipinski definition) is 1. The quantitative estimate of drug-likeness (QED) is 0.698. The Morgan fingerprint density at radius 3 is 2.52 bits per heavy atom. The summed E-state index contributed by atoms with van der Waals surface area (Å²) in [6.07, 6.45) is 6.17. The standard InChI is InChI=1S/C21H32N2O3S/c1-4-9-27(25,26)13-18-11-21(12-18,10-17-6-7-17)14-22-20(24)19-8-5-15(2)23-16(19)3/h5,8,17-18H,4,6-7,9-14H2,1-3H3,(H,22,24). The van der Waals surface area contributed by atoms with E-state index in [1.165, 1.54) is 12.8 Å². The molecular weight excluding hydrogens is 360 g/mol. The van der Waals surface area contributed by atoms with Crippen molar-refractivity contribution in [3.05, 3.63) is 29.1 Å². The van der Waals surface area contributed by atoms with Crippen molar-refractivity contribution >= 4 is 15.7 Å². The average Bonchev–Trinajstić information content (AvgIpc) is 3.34. The largest absolute Gasteiger partial charge is 0.351 e. The Kier molecular flexibility index (Phi) is 5.94. The van der Waals surface area contributed by atoms with Crippen LogP contribution in [0, 0.1) is 31.1 Å². The molecule has 1 aromatic heterocycles. The first kappa shape index (κ1) is 20.3. The van der Waals surface area contributed by atoms with Crippen molar-refractivity contribution in [2.45, 2.75) is 59.3 Å². The maximum Gasteiger partial charge on any atom is 0.253 e. The summed E-state index contributed by atoms with van der Waals surface area (Å²) in [5, 5.41) is 3.12. The lowest BCUT2D eigenvalue weighted by molar-refractivity contribution is 0.0475. The molecule has 0 spiro atoms. The lowest BCUT2D eigenvalue weighted by Crippen LogP contribution is -2.48. The first-order valence-corrected chi connectivity index (χ1v) is 12.0. The van der Waals surface area contributed by atoms with Crippen LogP contribution in [0.3, 0.4) is 0 Å². The second-order valence-electron chi connectivity index (χ2n) is 8.80. The fourth-order valence-corrected chi connectivity index (χ4v) is 6.39. The van der Waals surface area contributed by atoms with Crippen LogP contribution in [-0.2, 0) is 9.84 Å². The Balaban J connectivity index is 1.59. The lowest BCUT2D eigenvalue weighted by atomic mass is 9.60. The van der Waals surface area contributed by atoms with Gasteiger partial charge in [-0.25, -0.2) is 8.42 Å². The van der Waals surface area contributed by atoms with Crippen LogP contribution in [0.1, 0.15) is 67.2 Å². The molecule has 1 N–H and O–H groups in total. The predicted octanol–water partition coefficient (Wildman–Crippen LogP) is 3.45. The van der Waals surface area contributed by atoms with E-state index in [-0.39, 0.29) is 23.0 Å². The summed E-state index contributed by atoms with van der Waals surface area (Å²) in [5.41, 5.74) is 2.36. The van der Waals surface area contributed by atoms with Crippen LogP contribution in [0.4, 0.5) is 0 Å². The number of nitrogens with one attached hydrogen (secondary N) is 1. The molecule has 2 saturated carbocycles. The van der Waals surface area contributed by atoms with Crippen LogP contribution in [0.25, 0.3) is 0 Å². The topological polar surface area (TPSA) is 76.1 Å². The van der Waals surface area contributed by atoms with Crippen molar-refractivity contribution in [1.82, 2.24) is 10.3 Å². The summed E-state index contributed by atoms with van der Waals surface area (Å²) in [7, 11) is -2.93. The number of rotatable bonds is 9. The molecule has 0 atom stereocenters. The van der Waals surface area contributed by atoms with Crippen LogP contribution < -0.4 is 5.32 Å². The molecular formula is C21H32N2O3S. The highest BCUT2D eigenvalue weighted by Gasteiger charge is 2.48. The minimum Gasteiger partial charge on any atom is -0.351 e. The molecule has 0 aliphatic heterocycles. The molecule has 1 amide bonds. The zero-order valence-electron chi connectivity index (χ0n) is 16.8. The second-order valence-corrected chi connectivity index (χ2v) is 11.0. The van der Waals surface area contributed by atoms with Crippen molar-refractivity contribution in [3.63, 3.8) is 0 Å². The van der Waals surface area contributed by atoms with E-state index in [1.54, 1.807) is 0 Å². The molecule has 0 unspecified atom stereocenters. The Bertz CT molecular complexity index is 794. The highest BCUT2D eigenvalue weighted by atomic mass is 32.2. The van der Waals surface area contributed by atoms with Gasteiger partial charge in [-0.15, -0.1) is 0 Å². The molecule has 2 aliphatic carbocycles. The van der Waals surface area contributed by atoms with E-state index in [0.29, 0.717) is 24.3 Å². The number of carbonyl (C=O) groups excluding carboxylic acids is 1. The number of hydrogen-bond acceptors (Lipinski definition) is 4. The Morgan fingerprint density at radius 2 is 1.93 bits per heavy atom. The summed E-state index contributed by atoms with van der Waals surface area (Å²) >= 11 is 0. The van der Waals surface area contributed by atoms with Gasteiger partial charge in [-0.3, -0.25) is 9.78 Å². The number of nitrogens with zero attached hydrogens (tertiary/aromatic N) is 1. The molecule has 3 rings (SSSR count). The van der Waals surface area contributed by atoms with Crippen molar-refractivity contribution in [1.29, 1.82) is 0 Å². The predicted molar refractivity (Wildman–Crippen MR) is 107 cm³/mol. The molecule has 2 aliphatic rings. The van der Waals surface area contributed by atoms with Gasteiger partial charge >= 0.3 is 0 Å². The second kappa shape index (κ2) is 7.90. The van der Waals surface area contributed by atoms with Crippen LogP contribution in [0.15, 0.2) is 12.1 Å². The molecule has 2 fully saturated rings. The van der Waals surface area contributed by atoms with Gasteiger partial charge in [0.05, 0.1) is 17.0 Å². The average molecular weight is 393 g/mol. The first-order valence-electron chi connectivity index (χ1n) is 10.1. The molecule has 27 heavy (non-hydrogen) atoms. The molecule has 1 aromatic rings. The monoisotopic (exact) mass is 392 g/mol. The number of sulfone groups is 1. The van der Waals surface area contributed by atoms with Gasteiger partial charge in [-0.1, -0.05) is 19.8 Å². The zero-order valence-corrected chi connectivity index (χ0v) is 17.6. The molecule has 6 heteroatoms. The van der Waals surface area contributed by atoms with E-state index in [0.717, 1.165) is 36.6 Å². The van der Waals surface area contributed by atoms with Gasteiger partial charge in [0.2, 0.25) is 0 Å². The number of pyridine rings is 1. The summed E-state index contributed by atoms with van der Waals surface area (Å²) in [6, 6.07) is 3.70.